The first-order valence-electron chi connectivity index (χ1n) is 7.69. The lowest BCUT2D eigenvalue weighted by Crippen LogP contribution is -2.36. The van der Waals surface area contributed by atoms with Gasteiger partial charge in [-0.05, 0) is 45.1 Å². The van der Waals surface area contributed by atoms with Crippen molar-refractivity contribution >= 4 is 5.91 Å². The summed E-state index contributed by atoms with van der Waals surface area (Å²) in [4.78, 5) is 14.7. The van der Waals surface area contributed by atoms with Crippen LogP contribution in [-0.2, 0) is 13.0 Å². The Bertz CT molecular complexity index is 456. The zero-order chi connectivity index (χ0) is 14.5. The van der Waals surface area contributed by atoms with Gasteiger partial charge in [-0.3, -0.25) is 9.48 Å². The number of aliphatic hydroxyl groups excluding tert-OH is 1. The molecule has 1 aliphatic rings. The maximum absolute atomic E-state index is 12.7. The van der Waals surface area contributed by atoms with Gasteiger partial charge in [0.25, 0.3) is 5.91 Å². The monoisotopic (exact) mass is 279 g/mol. The molecular formula is C15H25N3O2. The molecule has 1 aliphatic heterocycles. The third-order valence-electron chi connectivity index (χ3n) is 4.04. The highest BCUT2D eigenvalue weighted by Crippen LogP contribution is 2.24. The molecule has 5 heteroatoms. The van der Waals surface area contributed by atoms with Crippen LogP contribution in [-0.4, -0.2) is 44.9 Å². The fourth-order valence-corrected chi connectivity index (χ4v) is 2.93. The standard InChI is InChI=1S/C15H25N3O2/c1-3-12-11-14(18(4-2)16-12)15(20)17-9-5-7-13(17)8-6-10-19/h11,13,19H,3-10H2,1-2H3. The average Bonchev–Trinajstić information content (AvgIpc) is 3.10. The van der Waals surface area contributed by atoms with Crippen LogP contribution >= 0.6 is 0 Å². The minimum atomic E-state index is 0.0967. The molecule has 0 aliphatic carbocycles. The molecule has 1 fully saturated rings. The van der Waals surface area contributed by atoms with Gasteiger partial charge in [0.1, 0.15) is 5.69 Å². The zero-order valence-electron chi connectivity index (χ0n) is 12.5. The van der Waals surface area contributed by atoms with Crippen LogP contribution < -0.4 is 0 Å². The normalized spacial score (nSPS) is 18.8. The Hall–Kier alpha value is -1.36. The predicted octanol–water partition coefficient (Wildman–Crippen LogP) is 1.84. The Balaban J connectivity index is 2.15. The van der Waals surface area contributed by atoms with Crippen LogP contribution in [0.25, 0.3) is 0 Å². The largest absolute Gasteiger partial charge is 0.396 e. The van der Waals surface area contributed by atoms with Crippen molar-refractivity contribution in [3.8, 4) is 0 Å². The van der Waals surface area contributed by atoms with Crippen molar-refractivity contribution < 1.29 is 9.90 Å². The molecule has 1 atom stereocenters. The van der Waals surface area contributed by atoms with Crippen molar-refractivity contribution in [1.29, 1.82) is 0 Å². The van der Waals surface area contributed by atoms with Gasteiger partial charge in [-0.2, -0.15) is 5.10 Å². The fraction of sp³-hybridized carbons (Fsp3) is 0.733. The van der Waals surface area contributed by atoms with Gasteiger partial charge in [-0.15, -0.1) is 0 Å². The topological polar surface area (TPSA) is 58.4 Å². The van der Waals surface area contributed by atoms with Gasteiger partial charge in [-0.25, -0.2) is 0 Å². The van der Waals surface area contributed by atoms with Crippen molar-refractivity contribution in [1.82, 2.24) is 14.7 Å². The third kappa shape index (κ3) is 3.03. The summed E-state index contributed by atoms with van der Waals surface area (Å²) in [6, 6.07) is 2.20. The SMILES string of the molecule is CCc1cc(C(=O)N2CCCC2CCCO)n(CC)n1. The Labute approximate surface area is 120 Å². The molecule has 0 radical (unpaired) electrons. The summed E-state index contributed by atoms with van der Waals surface area (Å²) in [5.41, 5.74) is 1.68. The lowest BCUT2D eigenvalue weighted by atomic mass is 10.1. The number of aromatic nitrogens is 2. The van der Waals surface area contributed by atoms with E-state index < -0.39 is 0 Å². The molecule has 1 amide bonds. The lowest BCUT2D eigenvalue weighted by Gasteiger charge is -2.24. The van der Waals surface area contributed by atoms with Gasteiger partial charge < -0.3 is 10.0 Å². The van der Waals surface area contributed by atoms with Crippen molar-refractivity contribution in [2.75, 3.05) is 13.2 Å². The highest BCUT2D eigenvalue weighted by molar-refractivity contribution is 5.93. The second-order valence-electron chi connectivity index (χ2n) is 5.35. The molecule has 2 heterocycles. The van der Waals surface area contributed by atoms with Crippen molar-refractivity contribution in [3.05, 3.63) is 17.5 Å². The van der Waals surface area contributed by atoms with Crippen molar-refractivity contribution in [2.45, 2.75) is 58.5 Å². The molecule has 5 nitrogen and oxygen atoms in total. The van der Waals surface area contributed by atoms with Gasteiger partial charge in [0.05, 0.1) is 5.69 Å². The van der Waals surface area contributed by atoms with Crippen molar-refractivity contribution in [2.24, 2.45) is 0 Å². The summed E-state index contributed by atoms with van der Waals surface area (Å²) in [5.74, 6) is 0.0967. The number of hydrogen-bond acceptors (Lipinski definition) is 3. The summed E-state index contributed by atoms with van der Waals surface area (Å²) in [6.07, 6.45) is 4.61. The number of amides is 1. The smallest absolute Gasteiger partial charge is 0.272 e. The van der Waals surface area contributed by atoms with Gasteiger partial charge >= 0.3 is 0 Å². The number of hydrogen-bond donors (Lipinski definition) is 1. The van der Waals surface area contributed by atoms with E-state index in [1.807, 2.05) is 22.6 Å². The molecule has 0 bridgehead atoms. The Morgan fingerprint density at radius 1 is 1.50 bits per heavy atom. The fourth-order valence-electron chi connectivity index (χ4n) is 2.93. The number of aliphatic hydroxyl groups is 1. The first-order valence-corrected chi connectivity index (χ1v) is 7.69. The van der Waals surface area contributed by atoms with Crippen LogP contribution in [0.1, 0.15) is 55.7 Å². The molecule has 2 rings (SSSR count). The number of carbonyl (C=O) groups excluding carboxylic acids is 1. The first-order chi connectivity index (χ1) is 9.71. The maximum Gasteiger partial charge on any atom is 0.272 e. The number of nitrogens with zero attached hydrogens (tertiary/aromatic N) is 3. The van der Waals surface area contributed by atoms with E-state index in [0.29, 0.717) is 5.69 Å². The molecule has 1 aromatic rings. The van der Waals surface area contributed by atoms with Crippen molar-refractivity contribution in [3.63, 3.8) is 0 Å². The maximum atomic E-state index is 12.7. The van der Waals surface area contributed by atoms with Gasteiger partial charge in [0.2, 0.25) is 0 Å². The number of aryl methyl sites for hydroxylation is 2. The third-order valence-corrected chi connectivity index (χ3v) is 4.04. The molecule has 20 heavy (non-hydrogen) atoms. The number of rotatable bonds is 6. The first kappa shape index (κ1) is 15.0. The predicted molar refractivity (Wildman–Crippen MR) is 77.7 cm³/mol. The van der Waals surface area contributed by atoms with Gasteiger partial charge in [0.15, 0.2) is 0 Å². The van der Waals surface area contributed by atoms with E-state index in [-0.39, 0.29) is 18.6 Å². The Kier molecular flexibility index (Phi) is 5.17. The zero-order valence-corrected chi connectivity index (χ0v) is 12.5. The van der Waals surface area contributed by atoms with E-state index in [1.54, 1.807) is 0 Å². The Morgan fingerprint density at radius 3 is 2.95 bits per heavy atom. The average molecular weight is 279 g/mol. The lowest BCUT2D eigenvalue weighted by molar-refractivity contribution is 0.0712. The molecule has 0 saturated carbocycles. The number of likely N-dealkylation sites (tertiary alicyclic amines) is 1. The second kappa shape index (κ2) is 6.88. The van der Waals surface area contributed by atoms with E-state index in [2.05, 4.69) is 12.0 Å². The highest BCUT2D eigenvalue weighted by atomic mass is 16.3. The summed E-state index contributed by atoms with van der Waals surface area (Å²) in [5, 5.41) is 13.4. The van der Waals surface area contributed by atoms with Crippen LogP contribution in [0.15, 0.2) is 6.07 Å². The summed E-state index contributed by atoms with van der Waals surface area (Å²) in [7, 11) is 0. The molecule has 112 valence electrons. The minimum absolute atomic E-state index is 0.0967. The second-order valence-corrected chi connectivity index (χ2v) is 5.35. The summed E-state index contributed by atoms with van der Waals surface area (Å²) < 4.78 is 1.81. The van der Waals surface area contributed by atoms with Crippen LogP contribution in [0, 0.1) is 0 Å². The number of carbonyl (C=O) groups is 1. The Morgan fingerprint density at radius 2 is 2.30 bits per heavy atom. The van der Waals surface area contributed by atoms with Crippen LogP contribution in [0.5, 0.6) is 0 Å². The van der Waals surface area contributed by atoms with E-state index in [9.17, 15) is 4.79 Å². The molecule has 1 N–H and O–H groups in total. The molecule has 0 spiro atoms. The van der Waals surface area contributed by atoms with E-state index in [1.165, 1.54) is 0 Å². The van der Waals surface area contributed by atoms with Crippen LogP contribution in [0.3, 0.4) is 0 Å². The quantitative estimate of drug-likeness (QED) is 0.864. The van der Waals surface area contributed by atoms with Crippen LogP contribution in [0.2, 0.25) is 0 Å². The summed E-state index contributed by atoms with van der Waals surface area (Å²) in [6.45, 7) is 5.81. The molecule has 1 unspecified atom stereocenters. The molecular weight excluding hydrogens is 254 g/mol. The summed E-state index contributed by atoms with van der Waals surface area (Å²) >= 11 is 0. The molecule has 1 saturated heterocycles. The van der Waals surface area contributed by atoms with Gasteiger partial charge in [-0.1, -0.05) is 6.92 Å². The van der Waals surface area contributed by atoms with E-state index >= 15 is 0 Å². The van der Waals surface area contributed by atoms with Gasteiger partial charge in [0, 0.05) is 25.7 Å². The molecule has 0 aromatic carbocycles. The van der Waals surface area contributed by atoms with Crippen LogP contribution in [0.4, 0.5) is 0 Å². The van der Waals surface area contributed by atoms with E-state index in [4.69, 9.17) is 5.11 Å². The van der Waals surface area contributed by atoms with E-state index in [0.717, 1.165) is 50.9 Å². The highest BCUT2D eigenvalue weighted by Gasteiger charge is 2.30. The molecule has 1 aromatic heterocycles. The minimum Gasteiger partial charge on any atom is -0.396 e.